The van der Waals surface area contributed by atoms with Gasteiger partial charge >= 0.3 is 0 Å². The van der Waals surface area contributed by atoms with E-state index >= 15 is 0 Å². The summed E-state index contributed by atoms with van der Waals surface area (Å²) >= 11 is 6.18. The van der Waals surface area contributed by atoms with Crippen LogP contribution >= 0.6 is 11.6 Å². The van der Waals surface area contributed by atoms with E-state index in [1.807, 2.05) is 49.4 Å². The second kappa shape index (κ2) is 8.31. The van der Waals surface area contributed by atoms with Crippen LogP contribution < -0.4 is 15.7 Å². The van der Waals surface area contributed by atoms with E-state index in [2.05, 4.69) is 15.6 Å². The van der Waals surface area contributed by atoms with Crippen LogP contribution in [0.25, 0.3) is 5.69 Å². The van der Waals surface area contributed by atoms with Crippen molar-refractivity contribution < 1.29 is 4.74 Å². The molecule has 0 saturated heterocycles. The minimum atomic E-state index is -0.423. The molecule has 1 N–H and O–H groups in total. The summed E-state index contributed by atoms with van der Waals surface area (Å²) in [5.41, 5.74) is 4.11. The first-order valence-electron chi connectivity index (χ1n) is 8.05. The van der Waals surface area contributed by atoms with Gasteiger partial charge in [-0.2, -0.15) is 14.9 Å². The Morgan fingerprint density at radius 2 is 1.92 bits per heavy atom. The van der Waals surface area contributed by atoms with Gasteiger partial charge in [0.2, 0.25) is 0 Å². The molecule has 0 atom stereocenters. The highest BCUT2D eigenvalue weighted by molar-refractivity contribution is 6.32. The number of hydrazone groups is 1. The van der Waals surface area contributed by atoms with Gasteiger partial charge in [-0.05, 0) is 31.2 Å². The van der Waals surface area contributed by atoms with Crippen LogP contribution in [-0.2, 0) is 0 Å². The Morgan fingerprint density at radius 1 is 1.19 bits per heavy atom. The number of hydrogen-bond acceptors (Lipinski definition) is 5. The van der Waals surface area contributed by atoms with Gasteiger partial charge in [-0.15, -0.1) is 0 Å². The van der Waals surface area contributed by atoms with Crippen LogP contribution in [0.15, 0.2) is 70.7 Å². The van der Waals surface area contributed by atoms with Crippen molar-refractivity contribution in [3.63, 3.8) is 0 Å². The molecule has 26 heavy (non-hydrogen) atoms. The third-order valence-electron chi connectivity index (χ3n) is 3.53. The van der Waals surface area contributed by atoms with Crippen LogP contribution in [0.3, 0.4) is 0 Å². The molecule has 0 amide bonds. The molecule has 0 radical (unpaired) electrons. The van der Waals surface area contributed by atoms with Gasteiger partial charge in [-0.25, -0.2) is 0 Å². The zero-order chi connectivity index (χ0) is 18.4. The monoisotopic (exact) mass is 368 g/mol. The molecule has 0 spiro atoms. The SMILES string of the molecule is CCOc1ccccc1/C=N\Nc1cnn(-c2ccccc2)c(=O)c1Cl. The number of anilines is 1. The van der Waals surface area contributed by atoms with Gasteiger partial charge in [-0.1, -0.05) is 41.9 Å². The molecule has 0 bridgehead atoms. The molecule has 0 aliphatic rings. The predicted octanol–water partition coefficient (Wildman–Crippen LogP) is 3.73. The number of rotatable bonds is 6. The van der Waals surface area contributed by atoms with E-state index in [1.165, 1.54) is 10.9 Å². The molecular weight excluding hydrogens is 352 g/mol. The van der Waals surface area contributed by atoms with Crippen LogP contribution in [0, 0.1) is 0 Å². The van der Waals surface area contributed by atoms with Crippen molar-refractivity contribution in [2.45, 2.75) is 6.92 Å². The molecule has 3 rings (SSSR count). The van der Waals surface area contributed by atoms with Gasteiger partial charge in [-0.3, -0.25) is 10.2 Å². The number of halogens is 1. The Bertz CT molecular complexity index is 971. The largest absolute Gasteiger partial charge is 0.493 e. The summed E-state index contributed by atoms with van der Waals surface area (Å²) in [6.07, 6.45) is 3.06. The molecule has 0 fully saturated rings. The first kappa shape index (κ1) is 17.7. The lowest BCUT2D eigenvalue weighted by Crippen LogP contribution is -2.22. The Hall–Kier alpha value is -3.12. The average Bonchev–Trinajstić information content (AvgIpc) is 2.67. The average molecular weight is 369 g/mol. The number of aromatic nitrogens is 2. The molecule has 0 saturated carbocycles. The van der Waals surface area contributed by atoms with E-state index in [4.69, 9.17) is 16.3 Å². The third-order valence-corrected chi connectivity index (χ3v) is 3.89. The van der Waals surface area contributed by atoms with Crippen molar-refractivity contribution >= 4 is 23.5 Å². The smallest absolute Gasteiger partial charge is 0.292 e. The number of para-hydroxylation sites is 2. The van der Waals surface area contributed by atoms with Crippen molar-refractivity contribution in [2.24, 2.45) is 5.10 Å². The van der Waals surface area contributed by atoms with Crippen molar-refractivity contribution in [1.82, 2.24) is 9.78 Å². The fourth-order valence-electron chi connectivity index (χ4n) is 2.31. The number of hydrogen-bond donors (Lipinski definition) is 1. The lowest BCUT2D eigenvalue weighted by molar-refractivity contribution is 0.340. The number of ether oxygens (including phenoxy) is 1. The van der Waals surface area contributed by atoms with Gasteiger partial charge in [0, 0.05) is 5.56 Å². The Balaban J connectivity index is 1.81. The summed E-state index contributed by atoms with van der Waals surface area (Å²) in [6.45, 7) is 2.48. The Morgan fingerprint density at radius 3 is 2.69 bits per heavy atom. The van der Waals surface area contributed by atoms with Gasteiger partial charge in [0.25, 0.3) is 5.56 Å². The van der Waals surface area contributed by atoms with Gasteiger partial charge in [0.1, 0.15) is 16.5 Å². The maximum atomic E-state index is 12.4. The summed E-state index contributed by atoms with van der Waals surface area (Å²) in [4.78, 5) is 12.4. The molecule has 1 heterocycles. The zero-order valence-corrected chi connectivity index (χ0v) is 14.8. The van der Waals surface area contributed by atoms with E-state index in [-0.39, 0.29) is 5.02 Å². The van der Waals surface area contributed by atoms with Crippen LogP contribution in [0.4, 0.5) is 5.69 Å². The number of nitrogens with zero attached hydrogens (tertiary/aromatic N) is 3. The van der Waals surface area contributed by atoms with Gasteiger partial charge < -0.3 is 4.74 Å². The van der Waals surface area contributed by atoms with Crippen LogP contribution in [0.1, 0.15) is 12.5 Å². The van der Waals surface area contributed by atoms with Crippen molar-refractivity contribution in [3.8, 4) is 11.4 Å². The second-order valence-corrected chi connectivity index (χ2v) is 5.64. The molecular formula is C19H17ClN4O2. The standard InChI is InChI=1S/C19H17ClN4O2/c1-2-26-17-11-7-6-8-14(17)12-21-23-16-13-22-24(19(25)18(16)20)15-9-4-3-5-10-15/h3-13,23H,2H2,1H3/b21-12-. The lowest BCUT2D eigenvalue weighted by atomic mass is 10.2. The Kier molecular flexibility index (Phi) is 5.66. The van der Waals surface area contributed by atoms with Gasteiger partial charge in [0.15, 0.2) is 0 Å². The van der Waals surface area contributed by atoms with Crippen molar-refractivity contribution in [2.75, 3.05) is 12.0 Å². The number of nitrogens with one attached hydrogen (secondary N) is 1. The molecule has 7 heteroatoms. The molecule has 1 aromatic heterocycles. The lowest BCUT2D eigenvalue weighted by Gasteiger charge is -2.08. The minimum Gasteiger partial charge on any atom is -0.493 e. The van der Waals surface area contributed by atoms with Gasteiger partial charge in [0.05, 0.1) is 24.7 Å². The fraction of sp³-hybridized carbons (Fsp3) is 0.105. The van der Waals surface area contributed by atoms with Crippen molar-refractivity contribution in [1.29, 1.82) is 0 Å². The summed E-state index contributed by atoms with van der Waals surface area (Å²) in [5.74, 6) is 0.726. The summed E-state index contributed by atoms with van der Waals surface area (Å²) in [6, 6.07) is 16.6. The summed E-state index contributed by atoms with van der Waals surface area (Å²) in [5, 5.41) is 8.29. The number of benzene rings is 2. The predicted molar refractivity (Wildman–Crippen MR) is 104 cm³/mol. The summed E-state index contributed by atoms with van der Waals surface area (Å²) < 4.78 is 6.77. The van der Waals surface area contributed by atoms with E-state index in [0.29, 0.717) is 18.0 Å². The molecule has 0 unspecified atom stereocenters. The maximum Gasteiger partial charge on any atom is 0.292 e. The minimum absolute atomic E-state index is 0.0131. The molecule has 2 aromatic carbocycles. The quantitative estimate of drug-likeness (QED) is 0.531. The highest BCUT2D eigenvalue weighted by Crippen LogP contribution is 2.18. The third kappa shape index (κ3) is 3.92. The van der Waals surface area contributed by atoms with E-state index in [9.17, 15) is 4.79 Å². The molecule has 0 aliphatic carbocycles. The first-order valence-corrected chi connectivity index (χ1v) is 8.42. The van der Waals surface area contributed by atoms with E-state index in [1.54, 1.807) is 18.3 Å². The molecule has 132 valence electrons. The topological polar surface area (TPSA) is 68.5 Å². The van der Waals surface area contributed by atoms with Crippen LogP contribution in [0.5, 0.6) is 5.75 Å². The first-order chi connectivity index (χ1) is 12.7. The normalized spacial score (nSPS) is 10.8. The highest BCUT2D eigenvalue weighted by Gasteiger charge is 2.10. The van der Waals surface area contributed by atoms with Crippen LogP contribution in [0.2, 0.25) is 5.02 Å². The summed E-state index contributed by atoms with van der Waals surface area (Å²) in [7, 11) is 0. The van der Waals surface area contributed by atoms with E-state index in [0.717, 1.165) is 11.3 Å². The zero-order valence-electron chi connectivity index (χ0n) is 14.1. The van der Waals surface area contributed by atoms with Crippen molar-refractivity contribution in [3.05, 3.63) is 81.7 Å². The molecule has 0 aliphatic heterocycles. The highest BCUT2D eigenvalue weighted by atomic mass is 35.5. The fourth-order valence-corrected chi connectivity index (χ4v) is 2.48. The molecule has 3 aromatic rings. The van der Waals surface area contributed by atoms with Crippen LogP contribution in [-0.4, -0.2) is 22.6 Å². The maximum absolute atomic E-state index is 12.4. The van der Waals surface area contributed by atoms with E-state index < -0.39 is 5.56 Å². The second-order valence-electron chi connectivity index (χ2n) is 5.27. The molecule has 6 nitrogen and oxygen atoms in total. The Labute approximate surface area is 155 Å².